The molecule has 0 amide bonds. The maximum atomic E-state index is 11.3. The van der Waals surface area contributed by atoms with E-state index >= 15 is 0 Å². The van der Waals surface area contributed by atoms with Gasteiger partial charge < -0.3 is 34.8 Å². The van der Waals surface area contributed by atoms with Gasteiger partial charge in [-0.2, -0.15) is 13.2 Å². The molecule has 0 radical (unpaired) electrons. The van der Waals surface area contributed by atoms with Crippen LogP contribution in [-0.4, -0.2) is 92.7 Å². The molecule has 0 saturated carbocycles. The number of aliphatic carboxylic acids is 1. The van der Waals surface area contributed by atoms with E-state index < -0.39 is 18.1 Å². The molecule has 2 aromatic rings. The maximum absolute atomic E-state index is 11.3. The topological polar surface area (TPSA) is 124 Å². The average molecular weight is 541 g/mol. The lowest BCUT2D eigenvalue weighted by atomic mass is 10.2. The lowest BCUT2D eigenvalue weighted by Crippen LogP contribution is -2.50. The number of carboxylic acid groups (broad SMARTS) is 2. The first-order valence-corrected chi connectivity index (χ1v) is 11.6. The number of aliphatic imine (C=N–C) groups is 1. The average Bonchev–Trinajstić information content (AvgIpc) is 2.90. The fourth-order valence-corrected chi connectivity index (χ4v) is 3.46. The van der Waals surface area contributed by atoms with Crippen LogP contribution in [0.25, 0.3) is 0 Å². The van der Waals surface area contributed by atoms with Crippen LogP contribution in [0.2, 0.25) is 0 Å². The van der Waals surface area contributed by atoms with Crippen LogP contribution in [0.4, 0.5) is 24.5 Å². The van der Waals surface area contributed by atoms with Crippen molar-refractivity contribution in [2.45, 2.75) is 12.6 Å². The zero-order valence-corrected chi connectivity index (χ0v) is 21.1. The van der Waals surface area contributed by atoms with Crippen molar-refractivity contribution >= 4 is 29.3 Å². The third-order valence-corrected chi connectivity index (χ3v) is 5.37. The van der Waals surface area contributed by atoms with Gasteiger partial charge in [-0.3, -0.25) is 4.99 Å². The summed E-state index contributed by atoms with van der Waals surface area (Å²) < 4.78 is 42.2. The number of hydrogen-bond donors (Lipinski definition) is 3. The number of hydrogen-bond acceptors (Lipinski definition) is 6. The van der Waals surface area contributed by atoms with Crippen molar-refractivity contribution in [2.24, 2.45) is 4.99 Å². The number of guanidine groups is 1. The number of carbonyl (C=O) groups is 2. The van der Waals surface area contributed by atoms with Gasteiger partial charge in [0.2, 0.25) is 0 Å². The highest BCUT2D eigenvalue weighted by molar-refractivity contribution is 5.96. The molecule has 0 aromatic heterocycles. The van der Waals surface area contributed by atoms with Crippen molar-refractivity contribution in [3.05, 3.63) is 54.1 Å². The van der Waals surface area contributed by atoms with Gasteiger partial charge in [-0.15, -0.1) is 0 Å². The van der Waals surface area contributed by atoms with Crippen LogP contribution >= 0.6 is 0 Å². The van der Waals surface area contributed by atoms with E-state index in [1.165, 1.54) is 0 Å². The molecule has 3 rings (SSSR count). The lowest BCUT2D eigenvalue weighted by molar-refractivity contribution is -0.192. The third kappa shape index (κ3) is 9.81. The number of alkyl halides is 3. The first-order chi connectivity index (χ1) is 18.0. The highest BCUT2D eigenvalue weighted by Gasteiger charge is 2.38. The van der Waals surface area contributed by atoms with Crippen molar-refractivity contribution in [1.29, 1.82) is 0 Å². The van der Waals surface area contributed by atoms with Gasteiger partial charge in [0.15, 0.2) is 5.96 Å². The van der Waals surface area contributed by atoms with Gasteiger partial charge in [0, 0.05) is 63.9 Å². The number of aromatic carboxylic acids is 1. The Hall–Kier alpha value is -4.00. The van der Waals surface area contributed by atoms with Gasteiger partial charge in [-0.1, -0.05) is 12.1 Å². The summed E-state index contributed by atoms with van der Waals surface area (Å²) in [7, 11) is 3.35. The summed E-state index contributed by atoms with van der Waals surface area (Å²) in [5.41, 5.74) is 2.09. The highest BCUT2D eigenvalue weighted by Crippen LogP contribution is 2.22. The molecular formula is C25H31F3N4O6. The molecule has 38 heavy (non-hydrogen) atoms. The van der Waals surface area contributed by atoms with Crippen LogP contribution in [0.3, 0.4) is 0 Å². The van der Waals surface area contributed by atoms with E-state index in [4.69, 9.17) is 24.4 Å². The molecule has 208 valence electrons. The minimum atomic E-state index is -5.08. The van der Waals surface area contributed by atoms with E-state index in [0.717, 1.165) is 50.0 Å². The van der Waals surface area contributed by atoms with Crippen LogP contribution in [-0.2, 0) is 9.53 Å². The zero-order valence-electron chi connectivity index (χ0n) is 21.1. The molecule has 10 nitrogen and oxygen atoms in total. The standard InChI is InChI=1S/C23H30N4O4.C2HF3O2/c1-30-15-5-10-24-23(25-19-7-3-6-18(16-19)22(28)29)27-13-11-26(12-14-27)20-8-4-9-21(17-20)31-2;3-2(4,5)1(6)7/h3-4,6-9,16-17H,5,10-15H2,1-2H3,(H,24,25)(H,28,29);(H,6,7). The second-order valence-electron chi connectivity index (χ2n) is 8.04. The minimum Gasteiger partial charge on any atom is -0.497 e. The lowest BCUT2D eigenvalue weighted by Gasteiger charge is -2.38. The summed E-state index contributed by atoms with van der Waals surface area (Å²) in [6.45, 7) is 4.57. The molecule has 1 aliphatic heterocycles. The Kier molecular flexibility index (Phi) is 11.7. The Balaban J connectivity index is 0.000000638. The van der Waals surface area contributed by atoms with Crippen LogP contribution in [0.15, 0.2) is 53.5 Å². The minimum absolute atomic E-state index is 0.242. The van der Waals surface area contributed by atoms with E-state index in [2.05, 4.69) is 21.2 Å². The van der Waals surface area contributed by atoms with E-state index in [1.807, 2.05) is 24.3 Å². The van der Waals surface area contributed by atoms with E-state index in [-0.39, 0.29) is 5.56 Å². The normalized spacial score (nSPS) is 13.9. The molecule has 0 spiro atoms. The Morgan fingerprint density at radius 1 is 1.03 bits per heavy atom. The molecule has 0 aliphatic carbocycles. The largest absolute Gasteiger partial charge is 0.497 e. The third-order valence-electron chi connectivity index (χ3n) is 5.37. The molecule has 1 aliphatic rings. The molecule has 1 saturated heterocycles. The van der Waals surface area contributed by atoms with E-state index in [9.17, 15) is 23.1 Å². The second-order valence-corrected chi connectivity index (χ2v) is 8.04. The number of carboxylic acids is 2. The number of anilines is 2. The van der Waals surface area contributed by atoms with E-state index in [0.29, 0.717) is 18.8 Å². The van der Waals surface area contributed by atoms with Gasteiger partial charge >= 0.3 is 18.1 Å². The van der Waals surface area contributed by atoms with Crippen molar-refractivity contribution < 1.29 is 42.4 Å². The quantitative estimate of drug-likeness (QED) is 0.261. The molecule has 1 heterocycles. The number of halogens is 3. The van der Waals surface area contributed by atoms with Crippen molar-refractivity contribution in [3.63, 3.8) is 0 Å². The number of nitrogens with zero attached hydrogens (tertiary/aromatic N) is 3. The Bertz CT molecular complexity index is 1090. The SMILES string of the molecule is COCCCN=C(Nc1cccc(C(=O)O)c1)N1CCN(c2cccc(OC)c2)CC1.O=C(O)C(F)(F)F. The Morgan fingerprint density at radius 2 is 1.68 bits per heavy atom. The van der Waals surface area contributed by atoms with Gasteiger partial charge in [0.05, 0.1) is 12.7 Å². The number of methoxy groups -OCH3 is 2. The van der Waals surface area contributed by atoms with Crippen LogP contribution in [0.5, 0.6) is 5.75 Å². The summed E-state index contributed by atoms with van der Waals surface area (Å²) in [4.78, 5) is 29.5. The highest BCUT2D eigenvalue weighted by atomic mass is 19.4. The first kappa shape index (κ1) is 30.2. The monoisotopic (exact) mass is 540 g/mol. The summed E-state index contributed by atoms with van der Waals surface area (Å²) in [6.07, 6.45) is -4.26. The first-order valence-electron chi connectivity index (χ1n) is 11.6. The smallest absolute Gasteiger partial charge is 0.490 e. The van der Waals surface area contributed by atoms with E-state index in [1.54, 1.807) is 32.4 Å². The summed E-state index contributed by atoms with van der Waals surface area (Å²) >= 11 is 0. The molecule has 1 fully saturated rings. The van der Waals surface area contributed by atoms with Crippen molar-refractivity contribution in [1.82, 2.24) is 4.90 Å². The number of ether oxygens (including phenoxy) is 2. The van der Waals surface area contributed by atoms with Gasteiger partial charge in [-0.25, -0.2) is 9.59 Å². The van der Waals surface area contributed by atoms with Crippen LogP contribution in [0.1, 0.15) is 16.8 Å². The summed E-state index contributed by atoms with van der Waals surface area (Å²) in [6, 6.07) is 14.9. The second kappa shape index (κ2) is 14.7. The zero-order chi connectivity index (χ0) is 28.1. The molecule has 0 bridgehead atoms. The molecule has 2 aromatic carbocycles. The number of nitrogens with one attached hydrogen (secondary N) is 1. The predicted molar refractivity (Wildman–Crippen MR) is 136 cm³/mol. The van der Waals surface area contributed by atoms with Gasteiger partial charge in [0.25, 0.3) is 0 Å². The maximum Gasteiger partial charge on any atom is 0.490 e. The van der Waals surface area contributed by atoms with Crippen molar-refractivity contribution in [2.75, 3.05) is 63.8 Å². The fraction of sp³-hybridized carbons (Fsp3) is 0.400. The molecule has 0 unspecified atom stereocenters. The molecule has 0 atom stereocenters. The molecule has 13 heteroatoms. The van der Waals surface area contributed by atoms with Crippen LogP contribution in [0, 0.1) is 0 Å². The van der Waals surface area contributed by atoms with Crippen LogP contribution < -0.4 is 15.0 Å². The number of piperazine rings is 1. The summed E-state index contributed by atoms with van der Waals surface area (Å²) in [5, 5.41) is 19.7. The predicted octanol–water partition coefficient (Wildman–Crippen LogP) is 3.65. The Morgan fingerprint density at radius 3 is 2.26 bits per heavy atom. The van der Waals surface area contributed by atoms with Gasteiger partial charge in [-0.05, 0) is 36.8 Å². The summed E-state index contributed by atoms with van der Waals surface area (Å²) in [5.74, 6) is -2.11. The molecule has 3 N–H and O–H groups in total. The van der Waals surface area contributed by atoms with Crippen molar-refractivity contribution in [3.8, 4) is 5.75 Å². The molecular weight excluding hydrogens is 509 g/mol. The number of benzene rings is 2. The Labute approximate surface area is 218 Å². The fourth-order valence-electron chi connectivity index (χ4n) is 3.46. The number of rotatable bonds is 8. The van der Waals surface area contributed by atoms with Gasteiger partial charge in [0.1, 0.15) is 5.75 Å².